The SMILES string of the molecule is CCn1cc(C(=O)O)c(=O)c2cc(F)c(N3CCNC(c4ccc(C)o4)C3)cc21. The highest BCUT2D eigenvalue weighted by Crippen LogP contribution is 2.29. The van der Waals surface area contributed by atoms with Crippen molar-refractivity contribution >= 4 is 22.6 Å². The fourth-order valence-corrected chi connectivity index (χ4v) is 3.86. The molecule has 1 unspecified atom stereocenters. The van der Waals surface area contributed by atoms with E-state index in [1.54, 1.807) is 10.6 Å². The molecular weight excluding hydrogens is 377 g/mol. The first-order chi connectivity index (χ1) is 13.9. The Morgan fingerprint density at radius 1 is 1.38 bits per heavy atom. The Morgan fingerprint density at radius 2 is 2.17 bits per heavy atom. The minimum absolute atomic E-state index is 0.0707. The van der Waals surface area contributed by atoms with E-state index < -0.39 is 17.2 Å². The second kappa shape index (κ2) is 7.36. The molecule has 1 saturated heterocycles. The summed E-state index contributed by atoms with van der Waals surface area (Å²) in [7, 11) is 0. The summed E-state index contributed by atoms with van der Waals surface area (Å²) in [6.45, 7) is 5.95. The number of pyridine rings is 1. The molecule has 2 N–H and O–H groups in total. The smallest absolute Gasteiger partial charge is 0.341 e. The van der Waals surface area contributed by atoms with E-state index >= 15 is 4.39 Å². The van der Waals surface area contributed by atoms with Gasteiger partial charge in [-0.05, 0) is 38.1 Å². The number of furan rings is 1. The molecule has 4 rings (SSSR count). The van der Waals surface area contributed by atoms with Crippen molar-refractivity contribution in [2.24, 2.45) is 0 Å². The molecule has 152 valence electrons. The van der Waals surface area contributed by atoms with Gasteiger partial charge >= 0.3 is 5.97 Å². The number of nitrogens with one attached hydrogen (secondary N) is 1. The number of aromatic nitrogens is 1. The Labute approximate surface area is 166 Å². The Balaban J connectivity index is 1.78. The van der Waals surface area contributed by atoms with Crippen LogP contribution in [0.1, 0.15) is 34.8 Å². The van der Waals surface area contributed by atoms with E-state index in [1.807, 2.05) is 30.9 Å². The maximum absolute atomic E-state index is 15.0. The third kappa shape index (κ3) is 3.40. The van der Waals surface area contributed by atoms with Crippen molar-refractivity contribution in [1.82, 2.24) is 9.88 Å². The number of rotatable bonds is 4. The molecule has 1 aliphatic heterocycles. The number of carboxylic acid groups (broad SMARTS) is 1. The Hall–Kier alpha value is -3.13. The summed E-state index contributed by atoms with van der Waals surface area (Å²) >= 11 is 0. The number of aryl methyl sites for hydroxylation is 2. The molecule has 2 aromatic heterocycles. The topological polar surface area (TPSA) is 87.7 Å². The molecular formula is C21H22FN3O4. The minimum Gasteiger partial charge on any atom is -0.477 e. The second-order valence-electron chi connectivity index (χ2n) is 7.18. The van der Waals surface area contributed by atoms with Gasteiger partial charge in [0, 0.05) is 37.8 Å². The third-order valence-electron chi connectivity index (χ3n) is 5.34. The summed E-state index contributed by atoms with van der Waals surface area (Å²) in [6, 6.07) is 6.52. The first kappa shape index (κ1) is 19.2. The average molecular weight is 399 g/mol. The van der Waals surface area contributed by atoms with Gasteiger partial charge in [0.2, 0.25) is 5.43 Å². The van der Waals surface area contributed by atoms with Gasteiger partial charge in [-0.25, -0.2) is 9.18 Å². The molecule has 1 atom stereocenters. The number of nitrogens with zero attached hydrogens (tertiary/aromatic N) is 2. The van der Waals surface area contributed by atoms with Crippen LogP contribution in [0.2, 0.25) is 0 Å². The molecule has 0 aliphatic carbocycles. The molecule has 7 nitrogen and oxygen atoms in total. The fourth-order valence-electron chi connectivity index (χ4n) is 3.86. The van der Waals surface area contributed by atoms with Crippen molar-refractivity contribution in [3.05, 3.63) is 63.6 Å². The van der Waals surface area contributed by atoms with Crippen LogP contribution in [0.4, 0.5) is 10.1 Å². The maximum atomic E-state index is 15.0. The zero-order valence-corrected chi connectivity index (χ0v) is 16.2. The predicted octanol–water partition coefficient (Wildman–Crippen LogP) is 2.91. The van der Waals surface area contributed by atoms with Crippen molar-refractivity contribution in [1.29, 1.82) is 0 Å². The van der Waals surface area contributed by atoms with E-state index in [0.717, 1.165) is 17.6 Å². The molecule has 0 saturated carbocycles. The summed E-state index contributed by atoms with van der Waals surface area (Å²) in [5.74, 6) is -0.250. The van der Waals surface area contributed by atoms with Crippen molar-refractivity contribution < 1.29 is 18.7 Å². The van der Waals surface area contributed by atoms with Crippen molar-refractivity contribution in [2.45, 2.75) is 26.4 Å². The summed E-state index contributed by atoms with van der Waals surface area (Å²) < 4.78 is 22.4. The first-order valence-electron chi connectivity index (χ1n) is 9.53. The van der Waals surface area contributed by atoms with Gasteiger partial charge in [0.15, 0.2) is 0 Å². The van der Waals surface area contributed by atoms with Crippen LogP contribution >= 0.6 is 0 Å². The number of carbonyl (C=O) groups is 1. The molecule has 8 heteroatoms. The van der Waals surface area contributed by atoms with Gasteiger partial charge in [-0.3, -0.25) is 4.79 Å². The van der Waals surface area contributed by atoms with Crippen LogP contribution < -0.4 is 15.6 Å². The highest BCUT2D eigenvalue weighted by molar-refractivity contribution is 5.93. The maximum Gasteiger partial charge on any atom is 0.341 e. The number of benzene rings is 1. The number of carboxylic acids is 1. The number of hydrogen-bond acceptors (Lipinski definition) is 5. The monoisotopic (exact) mass is 399 g/mol. The molecule has 0 amide bonds. The Morgan fingerprint density at radius 3 is 2.83 bits per heavy atom. The number of aromatic carboxylic acids is 1. The summed E-state index contributed by atoms with van der Waals surface area (Å²) in [5, 5.41) is 12.7. The highest BCUT2D eigenvalue weighted by Gasteiger charge is 2.26. The van der Waals surface area contributed by atoms with Crippen molar-refractivity contribution in [3.63, 3.8) is 0 Å². The standard InChI is InChI=1S/C21H22FN3O4/c1-3-24-10-14(21(27)28)20(26)13-8-15(22)18(9-17(13)24)25-7-6-23-16(11-25)19-5-4-12(2)29-19/h4-5,8-10,16,23H,3,6-7,11H2,1-2H3,(H,27,28). The van der Waals surface area contributed by atoms with Gasteiger partial charge in [0.1, 0.15) is 22.9 Å². The van der Waals surface area contributed by atoms with Crippen LogP contribution in [-0.2, 0) is 6.54 Å². The molecule has 3 heterocycles. The molecule has 1 aromatic carbocycles. The molecule has 0 spiro atoms. The van der Waals surface area contributed by atoms with Gasteiger partial charge in [0.25, 0.3) is 0 Å². The van der Waals surface area contributed by atoms with E-state index in [1.165, 1.54) is 6.20 Å². The van der Waals surface area contributed by atoms with Crippen LogP contribution in [-0.4, -0.2) is 35.3 Å². The molecule has 3 aromatic rings. The van der Waals surface area contributed by atoms with Gasteiger partial charge in [-0.2, -0.15) is 0 Å². The van der Waals surface area contributed by atoms with Gasteiger partial charge < -0.3 is 24.3 Å². The van der Waals surface area contributed by atoms with Crippen LogP contribution in [0.3, 0.4) is 0 Å². The predicted molar refractivity (Wildman–Crippen MR) is 107 cm³/mol. The van der Waals surface area contributed by atoms with Crippen molar-refractivity contribution in [2.75, 3.05) is 24.5 Å². The summed E-state index contributed by atoms with van der Waals surface area (Å²) in [4.78, 5) is 25.8. The fraction of sp³-hybridized carbons (Fsp3) is 0.333. The number of anilines is 1. The number of piperazine rings is 1. The van der Waals surface area contributed by atoms with Gasteiger partial charge in [-0.1, -0.05) is 0 Å². The van der Waals surface area contributed by atoms with E-state index in [4.69, 9.17) is 4.42 Å². The summed E-state index contributed by atoms with van der Waals surface area (Å²) in [5.41, 5.74) is -0.131. The third-order valence-corrected chi connectivity index (χ3v) is 5.34. The molecule has 0 radical (unpaired) electrons. The number of hydrogen-bond donors (Lipinski definition) is 2. The lowest BCUT2D eigenvalue weighted by molar-refractivity contribution is 0.0695. The molecule has 0 bridgehead atoms. The molecule has 1 aliphatic rings. The lowest BCUT2D eigenvalue weighted by Gasteiger charge is -2.34. The van der Waals surface area contributed by atoms with Crippen molar-refractivity contribution in [3.8, 4) is 0 Å². The normalized spacial score (nSPS) is 17.1. The zero-order valence-electron chi connectivity index (χ0n) is 16.2. The lowest BCUT2D eigenvalue weighted by Crippen LogP contribution is -2.46. The largest absolute Gasteiger partial charge is 0.477 e. The molecule has 1 fully saturated rings. The van der Waals surface area contributed by atoms with Gasteiger partial charge in [-0.15, -0.1) is 0 Å². The minimum atomic E-state index is -1.32. The van der Waals surface area contributed by atoms with Crippen LogP contribution in [0, 0.1) is 12.7 Å². The first-order valence-corrected chi connectivity index (χ1v) is 9.53. The Kier molecular flexibility index (Phi) is 4.87. The average Bonchev–Trinajstić information content (AvgIpc) is 3.14. The zero-order chi connectivity index (χ0) is 20.7. The summed E-state index contributed by atoms with van der Waals surface area (Å²) in [6.07, 6.45) is 1.32. The van der Waals surface area contributed by atoms with E-state index in [2.05, 4.69) is 5.32 Å². The van der Waals surface area contributed by atoms with E-state index in [0.29, 0.717) is 37.4 Å². The molecule has 29 heavy (non-hydrogen) atoms. The quantitative estimate of drug-likeness (QED) is 0.702. The van der Waals surface area contributed by atoms with Crippen LogP contribution in [0.25, 0.3) is 10.9 Å². The Bertz CT molecular complexity index is 1150. The second-order valence-corrected chi connectivity index (χ2v) is 7.18. The van der Waals surface area contributed by atoms with Gasteiger partial charge in [0.05, 0.1) is 17.2 Å². The van der Waals surface area contributed by atoms with Crippen LogP contribution in [0.5, 0.6) is 0 Å². The highest BCUT2D eigenvalue weighted by atomic mass is 19.1. The van der Waals surface area contributed by atoms with E-state index in [9.17, 15) is 14.7 Å². The van der Waals surface area contributed by atoms with E-state index in [-0.39, 0.29) is 17.0 Å². The van der Waals surface area contributed by atoms with Crippen LogP contribution in [0.15, 0.2) is 39.7 Å². The number of halogens is 1. The number of fused-ring (bicyclic) bond motifs is 1. The lowest BCUT2D eigenvalue weighted by atomic mass is 10.1.